The summed E-state index contributed by atoms with van der Waals surface area (Å²) >= 11 is 1.48. The third-order valence-electron chi connectivity index (χ3n) is 6.03. The first-order valence-electron chi connectivity index (χ1n) is 10.8. The summed E-state index contributed by atoms with van der Waals surface area (Å²) in [6, 6.07) is 3.58. The van der Waals surface area contributed by atoms with Gasteiger partial charge in [-0.25, -0.2) is 9.50 Å². The van der Waals surface area contributed by atoms with Gasteiger partial charge in [0.1, 0.15) is 5.56 Å². The second kappa shape index (κ2) is 8.94. The summed E-state index contributed by atoms with van der Waals surface area (Å²) < 4.78 is 41.6. The summed E-state index contributed by atoms with van der Waals surface area (Å²) in [6.45, 7) is 5.93. The van der Waals surface area contributed by atoms with E-state index >= 15 is 0 Å². The molecule has 0 saturated carbocycles. The first-order valence-corrected chi connectivity index (χ1v) is 11.7. The molecule has 0 spiro atoms. The Kier molecular flexibility index (Phi) is 6.32. The molecular formula is C23H24F3N5O2S. The summed E-state index contributed by atoms with van der Waals surface area (Å²) in [5.41, 5.74) is 7.63. The third kappa shape index (κ3) is 4.48. The molecular weight excluding hydrogens is 467 g/mol. The van der Waals surface area contributed by atoms with Crippen molar-refractivity contribution in [3.63, 3.8) is 0 Å². The molecule has 0 bridgehead atoms. The van der Waals surface area contributed by atoms with E-state index in [4.69, 9.17) is 5.73 Å². The van der Waals surface area contributed by atoms with E-state index in [0.717, 1.165) is 23.4 Å². The molecule has 1 atom stereocenters. The fourth-order valence-electron chi connectivity index (χ4n) is 4.18. The molecule has 1 aliphatic rings. The normalized spacial score (nSPS) is 16.4. The molecule has 3 heterocycles. The molecule has 1 aromatic carbocycles. The maximum absolute atomic E-state index is 13.3. The number of halogens is 3. The summed E-state index contributed by atoms with van der Waals surface area (Å²) in [5.74, 6) is -0.887. The number of aromatic nitrogens is 3. The Morgan fingerprint density at radius 1 is 1.26 bits per heavy atom. The van der Waals surface area contributed by atoms with Crippen molar-refractivity contribution in [3.05, 3.63) is 52.5 Å². The average Bonchev–Trinajstić information content (AvgIpc) is 3.10. The largest absolute Gasteiger partial charge is 0.416 e. The highest BCUT2D eigenvalue weighted by Crippen LogP contribution is 2.41. The van der Waals surface area contributed by atoms with E-state index in [9.17, 15) is 22.8 Å². The number of nitrogens with two attached hydrogens (primary N) is 1. The highest BCUT2D eigenvalue weighted by molar-refractivity contribution is 8.00. The van der Waals surface area contributed by atoms with Crippen LogP contribution in [0.15, 0.2) is 29.3 Å². The number of hydrogen-bond acceptors (Lipinski definition) is 5. The van der Waals surface area contributed by atoms with Crippen LogP contribution in [0.25, 0.3) is 5.65 Å². The van der Waals surface area contributed by atoms with Gasteiger partial charge < -0.3 is 10.6 Å². The Morgan fingerprint density at radius 3 is 2.68 bits per heavy atom. The molecule has 3 aromatic rings. The monoisotopic (exact) mass is 491 g/mol. The minimum absolute atomic E-state index is 0.0908. The number of thioether (sulfide) groups is 1. The summed E-state index contributed by atoms with van der Waals surface area (Å²) in [5, 5.41) is 4.36. The molecule has 4 rings (SSSR count). The fourth-order valence-corrected chi connectivity index (χ4v) is 5.28. The topological polar surface area (TPSA) is 93.6 Å². The number of amides is 2. The number of benzene rings is 1. The lowest BCUT2D eigenvalue weighted by atomic mass is 10.1. The fraction of sp³-hybridized carbons (Fsp3) is 0.391. The molecule has 0 fully saturated rings. The number of hydrogen-bond donors (Lipinski definition) is 1. The summed E-state index contributed by atoms with van der Waals surface area (Å²) in [7, 11) is 0. The number of carbonyl (C=O) groups is 2. The highest BCUT2D eigenvalue weighted by Gasteiger charge is 2.33. The second-order valence-electron chi connectivity index (χ2n) is 8.36. The Balaban J connectivity index is 1.62. The van der Waals surface area contributed by atoms with Gasteiger partial charge in [0.2, 0.25) is 5.91 Å². The van der Waals surface area contributed by atoms with Crippen molar-refractivity contribution >= 4 is 34.9 Å². The molecule has 2 aromatic heterocycles. The van der Waals surface area contributed by atoms with Crippen molar-refractivity contribution in [1.82, 2.24) is 14.6 Å². The Morgan fingerprint density at radius 2 is 2.00 bits per heavy atom. The number of primary amides is 1. The van der Waals surface area contributed by atoms with Crippen molar-refractivity contribution in [1.29, 1.82) is 0 Å². The second-order valence-corrected chi connectivity index (χ2v) is 9.84. The van der Waals surface area contributed by atoms with E-state index in [1.165, 1.54) is 33.4 Å². The Bertz CT molecular complexity index is 1290. The van der Waals surface area contributed by atoms with Crippen LogP contribution in [-0.4, -0.2) is 38.2 Å². The van der Waals surface area contributed by atoms with Crippen LogP contribution in [0, 0.1) is 13.8 Å². The van der Waals surface area contributed by atoms with E-state index in [2.05, 4.69) is 10.1 Å². The summed E-state index contributed by atoms with van der Waals surface area (Å²) in [6.07, 6.45) is -2.04. The van der Waals surface area contributed by atoms with Gasteiger partial charge in [0.15, 0.2) is 5.65 Å². The molecule has 1 aliphatic heterocycles. The molecule has 34 heavy (non-hydrogen) atoms. The van der Waals surface area contributed by atoms with Crippen molar-refractivity contribution in [2.24, 2.45) is 5.73 Å². The molecule has 180 valence electrons. The van der Waals surface area contributed by atoms with Gasteiger partial charge in [-0.2, -0.15) is 18.3 Å². The zero-order valence-corrected chi connectivity index (χ0v) is 19.8. The van der Waals surface area contributed by atoms with Gasteiger partial charge in [0, 0.05) is 34.5 Å². The first-order chi connectivity index (χ1) is 16.0. The van der Waals surface area contributed by atoms with Crippen LogP contribution in [0.2, 0.25) is 0 Å². The third-order valence-corrected chi connectivity index (χ3v) is 7.27. The SMILES string of the molecule is Cc1nc2c(C(N)=O)cnn2c(C)c1CCC(=O)N1CCC(C)Sc2ccc(C(F)(F)F)cc21. The zero-order chi connectivity index (χ0) is 24.8. The van der Waals surface area contributed by atoms with Crippen molar-refractivity contribution < 1.29 is 22.8 Å². The number of alkyl halides is 3. The molecule has 0 saturated heterocycles. The molecule has 2 N–H and O–H groups in total. The molecule has 7 nitrogen and oxygen atoms in total. The van der Waals surface area contributed by atoms with Gasteiger partial charge >= 0.3 is 6.18 Å². The molecule has 11 heteroatoms. The van der Waals surface area contributed by atoms with Crippen molar-refractivity contribution in [2.45, 2.75) is 56.4 Å². The van der Waals surface area contributed by atoms with Crippen molar-refractivity contribution in [3.8, 4) is 0 Å². The van der Waals surface area contributed by atoms with Crippen LogP contribution in [0.5, 0.6) is 0 Å². The van der Waals surface area contributed by atoms with Crippen LogP contribution in [0.4, 0.5) is 18.9 Å². The maximum atomic E-state index is 13.3. The van der Waals surface area contributed by atoms with Crippen LogP contribution < -0.4 is 10.6 Å². The van der Waals surface area contributed by atoms with E-state index in [1.54, 1.807) is 6.92 Å². The van der Waals surface area contributed by atoms with Crippen LogP contribution >= 0.6 is 11.8 Å². The first kappa shape index (κ1) is 24.1. The van der Waals surface area contributed by atoms with E-state index in [0.29, 0.717) is 41.3 Å². The Hall–Kier alpha value is -3.08. The van der Waals surface area contributed by atoms with E-state index < -0.39 is 17.6 Å². The number of anilines is 1. The van der Waals surface area contributed by atoms with Gasteiger partial charge in [-0.05, 0) is 50.5 Å². The quantitative estimate of drug-likeness (QED) is 0.587. The molecule has 1 unspecified atom stereocenters. The number of fused-ring (bicyclic) bond motifs is 2. The van der Waals surface area contributed by atoms with E-state index in [1.807, 2.05) is 13.8 Å². The van der Waals surface area contributed by atoms with Gasteiger partial charge in [-0.3, -0.25) is 9.59 Å². The lowest BCUT2D eigenvalue weighted by Crippen LogP contribution is -2.32. The van der Waals surface area contributed by atoms with Gasteiger partial charge in [0.25, 0.3) is 5.91 Å². The van der Waals surface area contributed by atoms with Gasteiger partial charge in [-0.15, -0.1) is 11.8 Å². The maximum Gasteiger partial charge on any atom is 0.416 e. The number of nitrogens with zero attached hydrogens (tertiary/aromatic N) is 4. The Labute approximate surface area is 198 Å². The number of rotatable bonds is 4. The van der Waals surface area contributed by atoms with E-state index in [-0.39, 0.29) is 23.1 Å². The predicted molar refractivity (Wildman–Crippen MR) is 123 cm³/mol. The lowest BCUT2D eigenvalue weighted by molar-refractivity contribution is -0.137. The molecule has 0 aliphatic carbocycles. The van der Waals surface area contributed by atoms with Crippen LogP contribution in [0.3, 0.4) is 0 Å². The minimum atomic E-state index is -4.49. The van der Waals surface area contributed by atoms with Crippen LogP contribution in [-0.2, 0) is 17.4 Å². The van der Waals surface area contributed by atoms with Gasteiger partial charge in [0.05, 0.1) is 17.4 Å². The van der Waals surface area contributed by atoms with Gasteiger partial charge in [-0.1, -0.05) is 6.92 Å². The number of aryl methyl sites for hydroxylation is 2. The van der Waals surface area contributed by atoms with Crippen LogP contribution in [0.1, 0.15) is 52.6 Å². The lowest BCUT2D eigenvalue weighted by Gasteiger charge is -2.24. The summed E-state index contributed by atoms with van der Waals surface area (Å²) in [4.78, 5) is 31.5. The molecule has 0 radical (unpaired) electrons. The predicted octanol–water partition coefficient (Wildman–Crippen LogP) is 4.31. The average molecular weight is 492 g/mol. The molecule has 2 amide bonds. The van der Waals surface area contributed by atoms with Crippen molar-refractivity contribution in [2.75, 3.05) is 11.4 Å². The smallest absolute Gasteiger partial charge is 0.365 e. The highest BCUT2D eigenvalue weighted by atomic mass is 32.2. The number of carbonyl (C=O) groups excluding carboxylic acids is 2. The standard InChI is InChI=1S/C23H24F3N5O2S/c1-12-8-9-30(18-10-15(23(24,25)26)4-6-19(18)34-12)20(32)7-5-16-13(2)29-22-17(21(27)33)11-28-31(22)14(16)3/h4,6,10-12H,5,7-9H2,1-3H3,(H2,27,33). The zero-order valence-electron chi connectivity index (χ0n) is 18.9. The minimum Gasteiger partial charge on any atom is -0.365 e.